The minimum Gasteiger partial charge on any atom is -0.339 e. The van der Waals surface area contributed by atoms with Crippen LogP contribution in [0.5, 0.6) is 0 Å². The Labute approximate surface area is 138 Å². The molecule has 1 amide bonds. The Hall–Kier alpha value is -2.21. The number of carbonyl (C=O) groups is 1. The number of nitrogens with zero attached hydrogens (tertiary/aromatic N) is 4. The number of aromatic nitrogens is 3. The number of pyridine rings is 1. The Morgan fingerprint density at radius 2 is 2.35 bits per heavy atom. The summed E-state index contributed by atoms with van der Waals surface area (Å²) < 4.78 is 1.63. The van der Waals surface area contributed by atoms with E-state index in [9.17, 15) is 9.59 Å². The van der Waals surface area contributed by atoms with Crippen molar-refractivity contribution >= 4 is 28.5 Å². The van der Waals surface area contributed by atoms with Crippen LogP contribution in [0, 0.1) is 12.8 Å². The highest BCUT2D eigenvalue weighted by atomic mass is 35.5. The minimum atomic E-state index is -0.113. The number of carbonyl (C=O) groups excluding carboxylic acids is 1. The zero-order valence-electron chi connectivity index (χ0n) is 12.8. The van der Waals surface area contributed by atoms with E-state index in [1.54, 1.807) is 21.7 Å². The highest BCUT2D eigenvalue weighted by Gasteiger charge is 2.26. The summed E-state index contributed by atoms with van der Waals surface area (Å²) >= 11 is 5.89. The van der Waals surface area contributed by atoms with E-state index in [1.807, 2.05) is 6.92 Å². The number of rotatable bonds is 3. The van der Waals surface area contributed by atoms with Crippen molar-refractivity contribution in [2.75, 3.05) is 13.1 Å². The maximum Gasteiger partial charge on any atom is 0.252 e. The van der Waals surface area contributed by atoms with Crippen LogP contribution in [-0.4, -0.2) is 38.4 Å². The summed E-state index contributed by atoms with van der Waals surface area (Å²) in [5.74, 6) is 0.134. The molecule has 0 aliphatic carbocycles. The maximum absolute atomic E-state index is 12.4. The van der Waals surface area contributed by atoms with Crippen LogP contribution >= 0.6 is 11.6 Å². The van der Waals surface area contributed by atoms with Gasteiger partial charge in [0.15, 0.2) is 0 Å². The molecular formula is C16H17ClN4O2. The molecule has 1 atom stereocenters. The number of amides is 1. The lowest BCUT2D eigenvalue weighted by Crippen LogP contribution is -2.29. The summed E-state index contributed by atoms with van der Waals surface area (Å²) in [7, 11) is 0. The van der Waals surface area contributed by atoms with E-state index in [0.29, 0.717) is 25.3 Å². The molecule has 2 aromatic rings. The summed E-state index contributed by atoms with van der Waals surface area (Å²) in [6.07, 6.45) is 3.81. The lowest BCUT2D eigenvalue weighted by molar-refractivity contribution is -0.125. The van der Waals surface area contributed by atoms with E-state index in [1.165, 1.54) is 6.08 Å². The van der Waals surface area contributed by atoms with Gasteiger partial charge in [0.25, 0.3) is 5.56 Å². The third-order valence-corrected chi connectivity index (χ3v) is 4.42. The molecule has 0 unspecified atom stereocenters. The molecule has 3 rings (SSSR count). The monoisotopic (exact) mass is 332 g/mol. The van der Waals surface area contributed by atoms with Gasteiger partial charge in [0.2, 0.25) is 11.2 Å². The van der Waals surface area contributed by atoms with Crippen molar-refractivity contribution in [2.24, 2.45) is 5.92 Å². The van der Waals surface area contributed by atoms with Gasteiger partial charge < -0.3 is 4.90 Å². The van der Waals surface area contributed by atoms with Gasteiger partial charge in [0.1, 0.15) is 5.65 Å². The van der Waals surface area contributed by atoms with Gasteiger partial charge in [0, 0.05) is 37.3 Å². The van der Waals surface area contributed by atoms with Crippen LogP contribution in [0.3, 0.4) is 0 Å². The van der Waals surface area contributed by atoms with Gasteiger partial charge in [-0.05, 0) is 42.5 Å². The summed E-state index contributed by atoms with van der Waals surface area (Å²) in [6, 6.07) is 1.58. The Bertz CT molecular complexity index is 846. The molecule has 1 saturated heterocycles. The molecule has 0 bridgehead atoms. The fraction of sp³-hybridized carbons (Fsp3) is 0.375. The highest BCUT2D eigenvalue weighted by molar-refractivity contribution is 6.28. The van der Waals surface area contributed by atoms with Crippen LogP contribution in [0.2, 0.25) is 5.28 Å². The minimum absolute atomic E-state index is 0.0704. The molecule has 1 aliphatic rings. The maximum atomic E-state index is 12.4. The Morgan fingerprint density at radius 3 is 3.09 bits per heavy atom. The predicted octanol–water partition coefficient (Wildman–Crippen LogP) is 1.79. The first kappa shape index (κ1) is 15.7. The average molecular weight is 333 g/mol. The van der Waals surface area contributed by atoms with E-state index in [2.05, 4.69) is 16.5 Å². The van der Waals surface area contributed by atoms with E-state index in [4.69, 9.17) is 11.6 Å². The number of hydrogen-bond acceptors (Lipinski definition) is 4. The van der Waals surface area contributed by atoms with Gasteiger partial charge in [-0.25, -0.2) is 4.98 Å². The molecule has 1 fully saturated rings. The van der Waals surface area contributed by atoms with E-state index < -0.39 is 0 Å². The number of halogens is 1. The predicted molar refractivity (Wildman–Crippen MR) is 88.4 cm³/mol. The Morgan fingerprint density at radius 1 is 1.57 bits per heavy atom. The Balaban J connectivity index is 1.95. The third-order valence-electron chi connectivity index (χ3n) is 4.24. The molecule has 6 nitrogen and oxygen atoms in total. The molecule has 1 aliphatic heterocycles. The van der Waals surface area contributed by atoms with Crippen molar-refractivity contribution in [1.82, 2.24) is 19.4 Å². The largest absolute Gasteiger partial charge is 0.339 e. The van der Waals surface area contributed by atoms with Crippen molar-refractivity contribution in [3.8, 4) is 0 Å². The molecule has 3 heterocycles. The number of likely N-dealkylation sites (tertiary alicyclic amines) is 1. The standard InChI is InChI=1S/C16H17ClN4O2/c1-3-13(22)20-5-4-11(8-20)9-21-14(23)6-10(2)12-7-18-16(17)19-15(12)21/h3,6-7,11H,1,4-5,8-9H2,2H3/t11-/m0/s1. The molecule has 2 aromatic heterocycles. The summed E-state index contributed by atoms with van der Waals surface area (Å²) in [6.45, 7) is 7.17. The SMILES string of the molecule is C=CC(=O)N1CC[C@H](Cn2c(=O)cc(C)c3cnc(Cl)nc32)C1. The molecule has 0 spiro atoms. The molecule has 120 valence electrons. The fourth-order valence-corrected chi connectivity index (χ4v) is 3.16. The normalized spacial score (nSPS) is 17.7. The second-order valence-electron chi connectivity index (χ2n) is 5.80. The second kappa shape index (κ2) is 6.12. The molecule has 0 saturated carbocycles. The quantitative estimate of drug-likeness (QED) is 0.635. The third kappa shape index (κ3) is 2.99. The molecule has 0 radical (unpaired) electrons. The molecule has 0 N–H and O–H groups in total. The lowest BCUT2D eigenvalue weighted by atomic mass is 10.1. The topological polar surface area (TPSA) is 68.1 Å². The van der Waals surface area contributed by atoms with Crippen molar-refractivity contribution in [1.29, 1.82) is 0 Å². The lowest BCUT2D eigenvalue weighted by Gasteiger charge is -2.16. The summed E-state index contributed by atoms with van der Waals surface area (Å²) in [5, 5.41) is 0.928. The van der Waals surface area contributed by atoms with E-state index in [0.717, 1.165) is 17.4 Å². The molecule has 7 heteroatoms. The first-order valence-corrected chi connectivity index (χ1v) is 7.81. The van der Waals surface area contributed by atoms with Gasteiger partial charge in [-0.15, -0.1) is 0 Å². The van der Waals surface area contributed by atoms with Gasteiger partial charge in [-0.2, -0.15) is 4.98 Å². The van der Waals surface area contributed by atoms with Crippen LogP contribution in [0.4, 0.5) is 0 Å². The highest BCUT2D eigenvalue weighted by Crippen LogP contribution is 2.21. The smallest absolute Gasteiger partial charge is 0.252 e. The van der Waals surface area contributed by atoms with Crippen molar-refractivity contribution in [2.45, 2.75) is 19.9 Å². The van der Waals surface area contributed by atoms with Crippen LogP contribution in [0.15, 0.2) is 29.7 Å². The first-order chi connectivity index (χ1) is 11.0. The number of aryl methyl sites for hydroxylation is 1. The van der Waals surface area contributed by atoms with Crippen molar-refractivity contribution in [3.05, 3.63) is 46.1 Å². The van der Waals surface area contributed by atoms with E-state index in [-0.39, 0.29) is 22.7 Å². The van der Waals surface area contributed by atoms with Gasteiger partial charge >= 0.3 is 0 Å². The Kier molecular flexibility index (Phi) is 4.17. The van der Waals surface area contributed by atoms with Gasteiger partial charge in [0.05, 0.1) is 0 Å². The second-order valence-corrected chi connectivity index (χ2v) is 6.13. The van der Waals surface area contributed by atoms with Crippen LogP contribution in [0.25, 0.3) is 11.0 Å². The number of fused-ring (bicyclic) bond motifs is 1. The van der Waals surface area contributed by atoms with Crippen molar-refractivity contribution in [3.63, 3.8) is 0 Å². The van der Waals surface area contributed by atoms with E-state index >= 15 is 0 Å². The zero-order valence-corrected chi connectivity index (χ0v) is 13.6. The van der Waals surface area contributed by atoms with Gasteiger partial charge in [-0.3, -0.25) is 14.2 Å². The average Bonchev–Trinajstić information content (AvgIpc) is 2.99. The van der Waals surface area contributed by atoms with Crippen LogP contribution in [-0.2, 0) is 11.3 Å². The first-order valence-electron chi connectivity index (χ1n) is 7.43. The van der Waals surface area contributed by atoms with Crippen molar-refractivity contribution < 1.29 is 4.79 Å². The fourth-order valence-electron chi connectivity index (χ4n) is 3.03. The molecule has 0 aromatic carbocycles. The number of hydrogen-bond donors (Lipinski definition) is 0. The van der Waals surface area contributed by atoms with Gasteiger partial charge in [-0.1, -0.05) is 6.58 Å². The summed E-state index contributed by atoms with van der Waals surface area (Å²) in [5.41, 5.74) is 1.26. The molecular weight excluding hydrogens is 316 g/mol. The van der Waals surface area contributed by atoms with Crippen LogP contribution < -0.4 is 5.56 Å². The van der Waals surface area contributed by atoms with Crippen LogP contribution in [0.1, 0.15) is 12.0 Å². The molecule has 23 heavy (non-hydrogen) atoms. The zero-order chi connectivity index (χ0) is 16.6. The summed E-state index contributed by atoms with van der Waals surface area (Å²) in [4.78, 5) is 34.0.